The van der Waals surface area contributed by atoms with Crippen LogP contribution in [0.2, 0.25) is 0 Å². The Balaban J connectivity index is 1.41. The molecule has 6 heterocycles. The van der Waals surface area contributed by atoms with E-state index in [0.29, 0.717) is 35.6 Å². The van der Waals surface area contributed by atoms with Crippen LogP contribution in [-0.4, -0.2) is 42.4 Å². The highest BCUT2D eigenvalue weighted by Crippen LogP contribution is 2.65. The molecule has 0 N–H and O–H groups in total. The van der Waals surface area contributed by atoms with E-state index >= 15 is 0 Å². The first-order valence-electron chi connectivity index (χ1n) is 7.89. The molecular weight excluding hydrogens is 256 g/mol. The molecule has 0 aromatic heterocycles. The molecule has 0 amide bonds. The molecule has 5 saturated heterocycles. The van der Waals surface area contributed by atoms with Crippen LogP contribution in [-0.2, 0) is 19.0 Å². The third kappa shape index (κ3) is 0.984. The Hall–Kier alpha value is -0.710. The summed E-state index contributed by atoms with van der Waals surface area (Å²) in [6.45, 7) is 1.71. The largest absolute Gasteiger partial charge is 0.373 e. The summed E-state index contributed by atoms with van der Waals surface area (Å²) in [5.41, 5.74) is 0. The first kappa shape index (κ1) is 10.9. The second-order valence-corrected chi connectivity index (χ2v) is 7.42. The van der Waals surface area contributed by atoms with E-state index in [-0.39, 0.29) is 36.4 Å². The molecule has 6 bridgehead atoms. The summed E-state index contributed by atoms with van der Waals surface area (Å²) in [5.74, 6) is 2.39. The van der Waals surface area contributed by atoms with Crippen LogP contribution in [0.5, 0.6) is 0 Å². The molecule has 11 unspecified atom stereocenters. The number of rotatable bonds is 1. The van der Waals surface area contributed by atoms with E-state index < -0.39 is 0 Å². The molecule has 106 valence electrons. The second kappa shape index (κ2) is 3.21. The lowest BCUT2D eigenvalue weighted by Gasteiger charge is -2.39. The Bertz CT molecular complexity index is 543. The number of carbonyl (C=O) groups excluding carboxylic acids is 1. The molecule has 4 nitrogen and oxygen atoms in total. The van der Waals surface area contributed by atoms with Gasteiger partial charge in [0, 0.05) is 29.6 Å². The van der Waals surface area contributed by atoms with Crippen molar-refractivity contribution in [2.24, 2.45) is 29.6 Å². The summed E-state index contributed by atoms with van der Waals surface area (Å²) in [5, 5.41) is 0. The number of fused-ring (bicyclic) bond motifs is 16. The van der Waals surface area contributed by atoms with Crippen molar-refractivity contribution in [2.75, 3.05) is 0 Å². The molecule has 6 aliphatic heterocycles. The van der Waals surface area contributed by atoms with Crippen LogP contribution in [0, 0.1) is 29.6 Å². The maximum Gasteiger partial charge on any atom is 0.135 e. The topological polar surface area (TPSA) is 44.8 Å². The van der Waals surface area contributed by atoms with Gasteiger partial charge in [0.2, 0.25) is 0 Å². The van der Waals surface area contributed by atoms with Crippen molar-refractivity contribution >= 4 is 5.78 Å². The van der Waals surface area contributed by atoms with E-state index in [1.165, 1.54) is 0 Å². The highest BCUT2D eigenvalue weighted by Gasteiger charge is 2.74. The van der Waals surface area contributed by atoms with E-state index in [1.807, 2.05) is 0 Å². The monoisotopic (exact) mass is 274 g/mol. The van der Waals surface area contributed by atoms with E-state index in [4.69, 9.17) is 14.2 Å². The van der Waals surface area contributed by atoms with Crippen LogP contribution in [0.3, 0.4) is 0 Å². The van der Waals surface area contributed by atoms with Crippen LogP contribution >= 0.6 is 0 Å². The number of Topliss-reactive ketones (excluding diaryl/α,β-unsaturated/α-hetero) is 1. The molecule has 5 fully saturated rings. The van der Waals surface area contributed by atoms with Gasteiger partial charge in [-0.1, -0.05) is 12.2 Å². The Labute approximate surface area is 117 Å². The lowest BCUT2D eigenvalue weighted by molar-refractivity contribution is -0.123. The Morgan fingerprint density at radius 1 is 0.900 bits per heavy atom. The number of ketones is 1. The summed E-state index contributed by atoms with van der Waals surface area (Å²) in [4.78, 5) is 11.8. The Kier molecular flexibility index (Phi) is 1.75. The zero-order chi connectivity index (χ0) is 13.2. The van der Waals surface area contributed by atoms with Gasteiger partial charge in [0.05, 0.1) is 36.6 Å². The van der Waals surface area contributed by atoms with Gasteiger partial charge in [-0.25, -0.2) is 0 Å². The fourth-order valence-corrected chi connectivity index (χ4v) is 6.28. The first-order chi connectivity index (χ1) is 9.74. The SMILES string of the molecule is CC(=O)C1CC2OC1C1C3OC(C4C5C=CC(O5)C34)C21. The minimum atomic E-state index is 0.109. The average molecular weight is 274 g/mol. The highest BCUT2D eigenvalue weighted by molar-refractivity contribution is 5.79. The van der Waals surface area contributed by atoms with Gasteiger partial charge in [-0.05, 0) is 13.3 Å². The quantitative estimate of drug-likeness (QED) is 0.668. The molecule has 6 aliphatic rings. The van der Waals surface area contributed by atoms with Gasteiger partial charge in [-0.2, -0.15) is 0 Å². The van der Waals surface area contributed by atoms with Gasteiger partial charge in [-0.3, -0.25) is 4.79 Å². The smallest absolute Gasteiger partial charge is 0.135 e. The third-order valence-electron chi connectivity index (χ3n) is 6.83. The molecule has 0 aliphatic carbocycles. The highest BCUT2D eigenvalue weighted by atomic mass is 16.6. The molecule has 20 heavy (non-hydrogen) atoms. The predicted molar refractivity (Wildman–Crippen MR) is 67.9 cm³/mol. The zero-order valence-electron chi connectivity index (χ0n) is 11.3. The van der Waals surface area contributed by atoms with Gasteiger partial charge in [0.1, 0.15) is 5.78 Å². The van der Waals surface area contributed by atoms with Crippen molar-refractivity contribution < 1.29 is 19.0 Å². The minimum absolute atomic E-state index is 0.109. The summed E-state index contributed by atoms with van der Waals surface area (Å²) in [6, 6.07) is 0. The zero-order valence-corrected chi connectivity index (χ0v) is 11.3. The Morgan fingerprint density at radius 2 is 1.60 bits per heavy atom. The maximum absolute atomic E-state index is 11.8. The average Bonchev–Trinajstić information content (AvgIpc) is 3.20. The molecule has 0 saturated carbocycles. The Morgan fingerprint density at radius 3 is 2.30 bits per heavy atom. The van der Waals surface area contributed by atoms with E-state index in [0.717, 1.165) is 6.42 Å². The van der Waals surface area contributed by atoms with Crippen LogP contribution in [0.25, 0.3) is 0 Å². The fourth-order valence-electron chi connectivity index (χ4n) is 6.28. The third-order valence-corrected chi connectivity index (χ3v) is 6.83. The summed E-state index contributed by atoms with van der Waals surface area (Å²) in [6.07, 6.45) is 6.78. The summed E-state index contributed by atoms with van der Waals surface area (Å²) >= 11 is 0. The number of hydrogen-bond donors (Lipinski definition) is 0. The van der Waals surface area contributed by atoms with Crippen LogP contribution < -0.4 is 0 Å². The van der Waals surface area contributed by atoms with Crippen molar-refractivity contribution in [1.29, 1.82) is 0 Å². The number of hydrogen-bond acceptors (Lipinski definition) is 4. The van der Waals surface area contributed by atoms with E-state index in [9.17, 15) is 4.79 Å². The molecule has 0 aromatic carbocycles. The summed E-state index contributed by atoms with van der Waals surface area (Å²) in [7, 11) is 0. The lowest BCUT2D eigenvalue weighted by Crippen LogP contribution is -2.50. The molecule has 0 spiro atoms. The van der Waals surface area contributed by atoms with Gasteiger partial charge in [0.15, 0.2) is 0 Å². The minimum Gasteiger partial charge on any atom is -0.373 e. The van der Waals surface area contributed by atoms with Crippen molar-refractivity contribution in [3.63, 3.8) is 0 Å². The van der Waals surface area contributed by atoms with E-state index in [2.05, 4.69) is 12.2 Å². The second-order valence-electron chi connectivity index (χ2n) is 7.42. The lowest BCUT2D eigenvalue weighted by atomic mass is 9.59. The predicted octanol–water partition coefficient (Wildman–Crippen LogP) is 0.946. The first-order valence-corrected chi connectivity index (χ1v) is 7.89. The van der Waals surface area contributed by atoms with Crippen molar-refractivity contribution in [3.8, 4) is 0 Å². The summed E-state index contributed by atoms with van der Waals surface area (Å²) < 4.78 is 18.6. The normalized spacial score (nSPS) is 67.0. The van der Waals surface area contributed by atoms with Gasteiger partial charge in [0.25, 0.3) is 0 Å². The molecule has 11 atom stereocenters. The van der Waals surface area contributed by atoms with Crippen LogP contribution in [0.4, 0.5) is 0 Å². The molecule has 6 rings (SSSR count). The van der Waals surface area contributed by atoms with E-state index in [1.54, 1.807) is 6.92 Å². The van der Waals surface area contributed by atoms with Gasteiger partial charge >= 0.3 is 0 Å². The standard InChI is InChI=1S/C16H18O4/c1-5(17)6-4-9-12-13(14(6)19-9)16-11-8-3-2-7(18-8)10(11)15(12)20-16/h2-3,6-16H,4H2,1H3. The van der Waals surface area contributed by atoms with Crippen molar-refractivity contribution in [3.05, 3.63) is 12.2 Å². The molecule has 4 heteroatoms. The number of carbonyl (C=O) groups is 1. The maximum atomic E-state index is 11.8. The molecule has 0 aromatic rings. The fraction of sp³-hybridized carbons (Fsp3) is 0.812. The van der Waals surface area contributed by atoms with Crippen LogP contribution in [0.1, 0.15) is 13.3 Å². The number of ether oxygens (including phenoxy) is 3. The van der Waals surface area contributed by atoms with Gasteiger partial charge in [-0.15, -0.1) is 0 Å². The van der Waals surface area contributed by atoms with Gasteiger partial charge < -0.3 is 14.2 Å². The van der Waals surface area contributed by atoms with Crippen molar-refractivity contribution in [1.82, 2.24) is 0 Å². The molecular formula is C16H18O4. The van der Waals surface area contributed by atoms with Crippen molar-refractivity contribution in [2.45, 2.75) is 50.0 Å². The van der Waals surface area contributed by atoms with Crippen LogP contribution in [0.15, 0.2) is 12.2 Å². The molecule has 0 radical (unpaired) electrons.